The van der Waals surface area contributed by atoms with Crippen LogP contribution in [0.4, 0.5) is 5.82 Å². The quantitative estimate of drug-likeness (QED) is 0.519. The standard InChI is InChI=1S/C16H24N4O3/c1-11-10-23-8-5-20(11)15-9-14(13-3-6-22-7-4-13)16(18-17-15)12(2)19-21/h9,11,13,21H,3-8,10H2,1-2H3/b19-12+/t11-/m1/s1. The van der Waals surface area contributed by atoms with Gasteiger partial charge in [0.15, 0.2) is 5.82 Å². The molecule has 23 heavy (non-hydrogen) atoms. The van der Waals surface area contributed by atoms with Crippen LogP contribution < -0.4 is 4.90 Å². The number of nitrogens with zero attached hydrogens (tertiary/aromatic N) is 4. The lowest BCUT2D eigenvalue weighted by molar-refractivity contribution is 0.0851. The Morgan fingerprint density at radius 1 is 1.26 bits per heavy atom. The molecule has 1 aromatic heterocycles. The lowest BCUT2D eigenvalue weighted by atomic mass is 9.89. The van der Waals surface area contributed by atoms with E-state index in [0.717, 1.165) is 44.0 Å². The number of morpholine rings is 1. The van der Waals surface area contributed by atoms with Gasteiger partial charge in [0.1, 0.15) is 11.4 Å². The Morgan fingerprint density at radius 2 is 2.04 bits per heavy atom. The lowest BCUT2D eigenvalue weighted by Gasteiger charge is -2.34. The van der Waals surface area contributed by atoms with E-state index in [1.165, 1.54) is 0 Å². The largest absolute Gasteiger partial charge is 0.411 e. The van der Waals surface area contributed by atoms with Crippen LogP contribution in [0.2, 0.25) is 0 Å². The van der Waals surface area contributed by atoms with Crippen molar-refractivity contribution >= 4 is 11.5 Å². The maximum absolute atomic E-state index is 9.14. The fraction of sp³-hybridized carbons (Fsp3) is 0.688. The summed E-state index contributed by atoms with van der Waals surface area (Å²) in [5, 5.41) is 21.2. The first-order chi connectivity index (χ1) is 11.2. The van der Waals surface area contributed by atoms with Crippen LogP contribution in [0.25, 0.3) is 0 Å². The van der Waals surface area contributed by atoms with Crippen LogP contribution in [-0.2, 0) is 9.47 Å². The highest BCUT2D eigenvalue weighted by molar-refractivity contribution is 5.98. The van der Waals surface area contributed by atoms with Crippen LogP contribution in [0.5, 0.6) is 0 Å². The molecule has 2 aliphatic heterocycles. The van der Waals surface area contributed by atoms with Crippen LogP contribution in [-0.4, -0.2) is 60.1 Å². The van der Waals surface area contributed by atoms with Crippen molar-refractivity contribution in [2.24, 2.45) is 5.16 Å². The summed E-state index contributed by atoms with van der Waals surface area (Å²) in [5.41, 5.74) is 2.29. The summed E-state index contributed by atoms with van der Waals surface area (Å²) in [6, 6.07) is 2.38. The Balaban J connectivity index is 1.96. The van der Waals surface area contributed by atoms with E-state index in [-0.39, 0.29) is 6.04 Å². The first-order valence-corrected chi connectivity index (χ1v) is 8.19. The molecule has 2 saturated heterocycles. The van der Waals surface area contributed by atoms with Crippen molar-refractivity contribution in [1.82, 2.24) is 10.2 Å². The number of hydrogen-bond donors (Lipinski definition) is 1. The van der Waals surface area contributed by atoms with E-state index in [1.54, 1.807) is 6.92 Å². The second kappa shape index (κ2) is 7.23. The molecule has 2 aliphatic rings. The van der Waals surface area contributed by atoms with Crippen LogP contribution in [0.3, 0.4) is 0 Å². The average Bonchev–Trinajstić information content (AvgIpc) is 2.62. The summed E-state index contributed by atoms with van der Waals surface area (Å²) in [4.78, 5) is 2.23. The Bertz CT molecular complexity index is 572. The first kappa shape index (κ1) is 16.1. The van der Waals surface area contributed by atoms with Crippen LogP contribution in [0.1, 0.15) is 43.9 Å². The molecule has 0 spiro atoms. The number of aromatic nitrogens is 2. The topological polar surface area (TPSA) is 80.1 Å². The van der Waals surface area contributed by atoms with Crippen LogP contribution in [0.15, 0.2) is 11.2 Å². The summed E-state index contributed by atoms with van der Waals surface area (Å²) in [5.74, 6) is 1.23. The Kier molecular flexibility index (Phi) is 5.07. The normalized spacial score (nSPS) is 24.0. The smallest absolute Gasteiger partial charge is 0.151 e. The molecule has 0 amide bonds. The molecule has 2 fully saturated rings. The predicted octanol–water partition coefficient (Wildman–Crippen LogP) is 1.79. The summed E-state index contributed by atoms with van der Waals surface area (Å²) in [6.45, 7) is 7.61. The molecule has 7 nitrogen and oxygen atoms in total. The lowest BCUT2D eigenvalue weighted by Crippen LogP contribution is -2.44. The second-order valence-electron chi connectivity index (χ2n) is 6.20. The molecule has 0 unspecified atom stereocenters. The highest BCUT2D eigenvalue weighted by atomic mass is 16.5. The van der Waals surface area contributed by atoms with E-state index in [1.807, 2.05) is 0 Å². The molecular weight excluding hydrogens is 296 g/mol. The molecule has 126 valence electrons. The zero-order valence-electron chi connectivity index (χ0n) is 13.7. The Hall–Kier alpha value is -1.73. The summed E-state index contributed by atoms with van der Waals surface area (Å²) < 4.78 is 11.0. The predicted molar refractivity (Wildman–Crippen MR) is 86.5 cm³/mol. The summed E-state index contributed by atoms with van der Waals surface area (Å²) in [6.07, 6.45) is 1.91. The molecular formula is C16H24N4O3. The van der Waals surface area contributed by atoms with E-state index < -0.39 is 0 Å². The van der Waals surface area contributed by atoms with Gasteiger partial charge in [0, 0.05) is 19.8 Å². The maximum atomic E-state index is 9.14. The Labute approximate surface area is 136 Å². The fourth-order valence-electron chi connectivity index (χ4n) is 3.25. The van der Waals surface area contributed by atoms with Gasteiger partial charge in [0.05, 0.1) is 19.3 Å². The van der Waals surface area contributed by atoms with Gasteiger partial charge < -0.3 is 19.6 Å². The fourth-order valence-corrected chi connectivity index (χ4v) is 3.25. The van der Waals surface area contributed by atoms with Gasteiger partial charge in [0.25, 0.3) is 0 Å². The van der Waals surface area contributed by atoms with Gasteiger partial charge >= 0.3 is 0 Å². The van der Waals surface area contributed by atoms with Crippen molar-refractivity contribution in [3.05, 3.63) is 17.3 Å². The Morgan fingerprint density at radius 3 is 2.74 bits per heavy atom. The molecule has 1 N–H and O–H groups in total. The van der Waals surface area contributed by atoms with Gasteiger partial charge in [-0.15, -0.1) is 10.2 Å². The van der Waals surface area contributed by atoms with E-state index >= 15 is 0 Å². The SMILES string of the molecule is C/C(=N\O)c1nnc(N2CCOC[C@H]2C)cc1C1CCOCC1. The van der Waals surface area contributed by atoms with Crippen LogP contribution >= 0.6 is 0 Å². The number of anilines is 1. The molecule has 1 aromatic rings. The number of rotatable bonds is 3. The zero-order chi connectivity index (χ0) is 16.2. The molecule has 3 rings (SSSR count). The third-order valence-corrected chi connectivity index (χ3v) is 4.63. The van der Waals surface area contributed by atoms with E-state index in [2.05, 4.69) is 33.2 Å². The molecule has 0 radical (unpaired) electrons. The molecule has 0 aliphatic carbocycles. The minimum Gasteiger partial charge on any atom is -0.411 e. The molecule has 1 atom stereocenters. The van der Waals surface area contributed by atoms with Gasteiger partial charge in [-0.05, 0) is 44.2 Å². The molecule has 3 heterocycles. The van der Waals surface area contributed by atoms with Crippen molar-refractivity contribution in [3.8, 4) is 0 Å². The van der Waals surface area contributed by atoms with Gasteiger partial charge in [-0.1, -0.05) is 5.16 Å². The van der Waals surface area contributed by atoms with Gasteiger partial charge in [-0.2, -0.15) is 0 Å². The third kappa shape index (κ3) is 3.45. The highest BCUT2D eigenvalue weighted by Gasteiger charge is 2.26. The number of ether oxygens (including phenoxy) is 2. The zero-order valence-corrected chi connectivity index (χ0v) is 13.7. The van der Waals surface area contributed by atoms with Crippen molar-refractivity contribution in [2.75, 3.05) is 37.9 Å². The summed E-state index contributed by atoms with van der Waals surface area (Å²) in [7, 11) is 0. The van der Waals surface area contributed by atoms with Crippen molar-refractivity contribution < 1.29 is 14.7 Å². The van der Waals surface area contributed by atoms with Crippen molar-refractivity contribution in [3.63, 3.8) is 0 Å². The van der Waals surface area contributed by atoms with Gasteiger partial charge in [-0.3, -0.25) is 0 Å². The van der Waals surface area contributed by atoms with Crippen LogP contribution in [0, 0.1) is 0 Å². The van der Waals surface area contributed by atoms with Gasteiger partial charge in [-0.25, -0.2) is 0 Å². The second-order valence-corrected chi connectivity index (χ2v) is 6.20. The third-order valence-electron chi connectivity index (χ3n) is 4.63. The maximum Gasteiger partial charge on any atom is 0.151 e. The van der Waals surface area contributed by atoms with E-state index in [9.17, 15) is 0 Å². The number of oxime groups is 1. The average molecular weight is 320 g/mol. The minimum atomic E-state index is 0.277. The molecule has 7 heteroatoms. The monoisotopic (exact) mass is 320 g/mol. The van der Waals surface area contributed by atoms with E-state index in [0.29, 0.717) is 30.5 Å². The molecule has 0 aromatic carbocycles. The number of hydrogen-bond acceptors (Lipinski definition) is 7. The van der Waals surface area contributed by atoms with Crippen molar-refractivity contribution in [1.29, 1.82) is 0 Å². The first-order valence-electron chi connectivity index (χ1n) is 8.19. The minimum absolute atomic E-state index is 0.277. The van der Waals surface area contributed by atoms with Gasteiger partial charge in [0.2, 0.25) is 0 Å². The molecule has 0 bridgehead atoms. The summed E-state index contributed by atoms with van der Waals surface area (Å²) >= 11 is 0. The van der Waals surface area contributed by atoms with E-state index in [4.69, 9.17) is 14.7 Å². The molecule has 0 saturated carbocycles. The van der Waals surface area contributed by atoms with Crippen molar-refractivity contribution in [2.45, 2.75) is 38.6 Å². The highest BCUT2D eigenvalue weighted by Crippen LogP contribution is 2.31.